The number of nitrogens with zero attached hydrogens (tertiary/aromatic N) is 2. The van der Waals surface area contributed by atoms with Crippen molar-refractivity contribution in [3.63, 3.8) is 0 Å². The molecule has 22 heavy (non-hydrogen) atoms. The Labute approximate surface area is 135 Å². The molecule has 2 saturated carbocycles. The van der Waals surface area contributed by atoms with Gasteiger partial charge in [-0.25, -0.2) is 4.98 Å². The summed E-state index contributed by atoms with van der Waals surface area (Å²) in [6, 6.07) is 0.526. The molecule has 3 unspecified atom stereocenters. The molecule has 2 aliphatic carbocycles. The van der Waals surface area contributed by atoms with Crippen LogP contribution < -0.4 is 10.6 Å². The van der Waals surface area contributed by atoms with Gasteiger partial charge in [0.2, 0.25) is 0 Å². The maximum Gasteiger partial charge on any atom is 0.191 e. The lowest BCUT2D eigenvalue weighted by atomic mass is 9.46. The number of thiazole rings is 1. The molecule has 1 aliphatic heterocycles. The van der Waals surface area contributed by atoms with Crippen molar-refractivity contribution >= 4 is 17.3 Å². The maximum atomic E-state index is 5.98. The van der Waals surface area contributed by atoms with E-state index in [0.717, 1.165) is 29.8 Å². The Morgan fingerprint density at radius 1 is 1.55 bits per heavy atom. The molecule has 4 rings (SSSR count). The van der Waals surface area contributed by atoms with Crippen molar-refractivity contribution in [1.82, 2.24) is 15.6 Å². The van der Waals surface area contributed by atoms with Crippen LogP contribution in [-0.4, -0.2) is 36.7 Å². The van der Waals surface area contributed by atoms with Gasteiger partial charge in [-0.1, -0.05) is 6.42 Å². The van der Waals surface area contributed by atoms with Gasteiger partial charge in [0.15, 0.2) is 5.96 Å². The molecule has 3 atom stereocenters. The van der Waals surface area contributed by atoms with Gasteiger partial charge in [-0.2, -0.15) is 0 Å². The van der Waals surface area contributed by atoms with Crippen LogP contribution in [0, 0.1) is 18.3 Å². The van der Waals surface area contributed by atoms with E-state index in [0.29, 0.717) is 23.5 Å². The van der Waals surface area contributed by atoms with Crippen molar-refractivity contribution in [3.8, 4) is 0 Å². The number of nitrogens with one attached hydrogen (secondary N) is 2. The first-order valence-electron chi connectivity index (χ1n) is 8.23. The van der Waals surface area contributed by atoms with Crippen molar-refractivity contribution < 1.29 is 4.74 Å². The third-order valence-electron chi connectivity index (χ3n) is 5.63. The van der Waals surface area contributed by atoms with E-state index in [9.17, 15) is 0 Å². The van der Waals surface area contributed by atoms with Crippen LogP contribution in [0.3, 0.4) is 0 Å². The molecule has 1 aromatic rings. The highest BCUT2D eigenvalue weighted by Crippen LogP contribution is 2.62. The van der Waals surface area contributed by atoms with Gasteiger partial charge in [-0.05, 0) is 26.2 Å². The summed E-state index contributed by atoms with van der Waals surface area (Å²) in [7, 11) is 1.84. The van der Waals surface area contributed by atoms with Crippen molar-refractivity contribution in [3.05, 3.63) is 16.1 Å². The Kier molecular flexibility index (Phi) is 3.61. The fourth-order valence-electron chi connectivity index (χ4n) is 4.44. The van der Waals surface area contributed by atoms with E-state index in [2.05, 4.69) is 26.0 Å². The highest BCUT2D eigenvalue weighted by Gasteiger charge is 2.66. The third-order valence-corrected chi connectivity index (χ3v) is 6.59. The number of aromatic nitrogens is 1. The van der Waals surface area contributed by atoms with Gasteiger partial charge in [0.1, 0.15) is 5.01 Å². The lowest BCUT2D eigenvalue weighted by Crippen LogP contribution is -2.72. The van der Waals surface area contributed by atoms with Gasteiger partial charge in [0, 0.05) is 42.1 Å². The summed E-state index contributed by atoms with van der Waals surface area (Å²) in [5.41, 5.74) is 1.47. The largest absolute Gasteiger partial charge is 0.377 e. The minimum atomic E-state index is 0.385. The number of rotatable bonds is 3. The van der Waals surface area contributed by atoms with Crippen LogP contribution in [-0.2, 0) is 11.3 Å². The SMILES string of the molecule is CN=C(NCc1nc(C)cs1)NC1C2CCOC2C12CCC2. The minimum Gasteiger partial charge on any atom is -0.377 e. The van der Waals surface area contributed by atoms with E-state index >= 15 is 0 Å². The number of guanidine groups is 1. The topological polar surface area (TPSA) is 58.5 Å². The molecule has 0 bridgehead atoms. The molecular formula is C16H24N4OS. The van der Waals surface area contributed by atoms with Gasteiger partial charge in [-0.3, -0.25) is 4.99 Å². The summed E-state index contributed by atoms with van der Waals surface area (Å²) in [6.07, 6.45) is 5.63. The van der Waals surface area contributed by atoms with Gasteiger partial charge in [0.05, 0.1) is 12.6 Å². The quantitative estimate of drug-likeness (QED) is 0.661. The summed E-state index contributed by atoms with van der Waals surface area (Å²) in [4.78, 5) is 8.89. The fourth-order valence-corrected chi connectivity index (χ4v) is 5.15. The first kappa shape index (κ1) is 14.5. The van der Waals surface area contributed by atoms with Crippen LogP contribution in [0.2, 0.25) is 0 Å². The van der Waals surface area contributed by atoms with Crippen LogP contribution >= 0.6 is 11.3 Å². The fraction of sp³-hybridized carbons (Fsp3) is 0.750. The summed E-state index contributed by atoms with van der Waals surface area (Å²) in [6.45, 7) is 3.70. The Morgan fingerprint density at radius 3 is 3.05 bits per heavy atom. The highest BCUT2D eigenvalue weighted by molar-refractivity contribution is 7.09. The standard InChI is InChI=1S/C16H24N4OS/c1-10-9-22-12(19-10)8-18-15(17-2)20-13-11-4-7-21-14(11)16(13)5-3-6-16/h9,11,13-14H,3-8H2,1-2H3,(H2,17,18,20). The molecule has 3 fully saturated rings. The Balaban J connectivity index is 1.38. The third kappa shape index (κ3) is 2.15. The van der Waals surface area contributed by atoms with Crippen molar-refractivity contribution in [2.75, 3.05) is 13.7 Å². The molecule has 3 aliphatic rings. The van der Waals surface area contributed by atoms with E-state index in [1.54, 1.807) is 11.3 Å². The molecule has 0 aromatic carbocycles. The van der Waals surface area contributed by atoms with Gasteiger partial charge >= 0.3 is 0 Å². The lowest BCUT2D eigenvalue weighted by Gasteiger charge is -2.63. The average molecular weight is 320 g/mol. The van der Waals surface area contributed by atoms with Crippen LogP contribution in [0.1, 0.15) is 36.4 Å². The summed E-state index contributed by atoms with van der Waals surface area (Å²) >= 11 is 1.70. The second-order valence-electron chi connectivity index (χ2n) is 6.76. The van der Waals surface area contributed by atoms with E-state index in [1.807, 2.05) is 14.0 Å². The van der Waals surface area contributed by atoms with Gasteiger partial charge in [-0.15, -0.1) is 11.3 Å². The minimum absolute atomic E-state index is 0.385. The van der Waals surface area contributed by atoms with Gasteiger partial charge < -0.3 is 15.4 Å². The normalized spacial score (nSPS) is 32.3. The number of fused-ring (bicyclic) bond motifs is 2. The molecule has 6 heteroatoms. The first-order chi connectivity index (χ1) is 10.7. The van der Waals surface area contributed by atoms with Gasteiger partial charge in [0.25, 0.3) is 0 Å². The smallest absolute Gasteiger partial charge is 0.191 e. The van der Waals surface area contributed by atoms with Crippen molar-refractivity contribution in [2.45, 2.75) is 51.3 Å². The van der Waals surface area contributed by atoms with Crippen LogP contribution in [0.4, 0.5) is 0 Å². The number of aliphatic imine (C=N–C) groups is 1. The van der Waals surface area contributed by atoms with Crippen LogP contribution in [0.25, 0.3) is 0 Å². The maximum absolute atomic E-state index is 5.98. The molecule has 120 valence electrons. The van der Waals surface area contributed by atoms with E-state index in [4.69, 9.17) is 4.74 Å². The molecule has 2 N–H and O–H groups in total. The number of hydrogen-bond donors (Lipinski definition) is 2. The Bertz CT molecular complexity index is 580. The zero-order chi connectivity index (χ0) is 15.2. The molecule has 0 radical (unpaired) electrons. The molecule has 1 aromatic heterocycles. The monoisotopic (exact) mass is 320 g/mol. The van der Waals surface area contributed by atoms with E-state index in [-0.39, 0.29) is 0 Å². The second kappa shape index (κ2) is 5.49. The summed E-state index contributed by atoms with van der Waals surface area (Å²) in [5.74, 6) is 1.57. The second-order valence-corrected chi connectivity index (χ2v) is 7.70. The van der Waals surface area contributed by atoms with Crippen molar-refractivity contribution in [2.24, 2.45) is 16.3 Å². The number of hydrogen-bond acceptors (Lipinski definition) is 4. The van der Waals surface area contributed by atoms with E-state index in [1.165, 1.54) is 25.7 Å². The zero-order valence-corrected chi connectivity index (χ0v) is 14.1. The number of aryl methyl sites for hydroxylation is 1. The Hall–Kier alpha value is -1.14. The molecule has 1 saturated heterocycles. The number of ether oxygens (including phenoxy) is 1. The average Bonchev–Trinajstić information content (AvgIpc) is 3.05. The lowest BCUT2D eigenvalue weighted by molar-refractivity contribution is -0.171. The molecular weight excluding hydrogens is 296 g/mol. The van der Waals surface area contributed by atoms with Crippen molar-refractivity contribution in [1.29, 1.82) is 0 Å². The molecule has 0 amide bonds. The predicted octanol–water partition coefficient (Wildman–Crippen LogP) is 2.07. The summed E-state index contributed by atoms with van der Waals surface area (Å²) in [5, 5.41) is 10.3. The summed E-state index contributed by atoms with van der Waals surface area (Å²) < 4.78 is 5.98. The predicted molar refractivity (Wildman–Crippen MR) is 88.1 cm³/mol. The Morgan fingerprint density at radius 2 is 2.41 bits per heavy atom. The highest BCUT2D eigenvalue weighted by atomic mass is 32.1. The first-order valence-corrected chi connectivity index (χ1v) is 9.11. The zero-order valence-electron chi connectivity index (χ0n) is 13.3. The molecule has 5 nitrogen and oxygen atoms in total. The van der Waals surface area contributed by atoms with Crippen LogP contribution in [0.5, 0.6) is 0 Å². The molecule has 2 heterocycles. The van der Waals surface area contributed by atoms with Crippen LogP contribution in [0.15, 0.2) is 10.4 Å². The van der Waals surface area contributed by atoms with E-state index < -0.39 is 0 Å². The molecule has 1 spiro atoms.